The van der Waals surface area contributed by atoms with Gasteiger partial charge in [-0.3, -0.25) is 13.9 Å². The van der Waals surface area contributed by atoms with Gasteiger partial charge in [-0.05, 0) is 63.6 Å². The Labute approximate surface area is 190 Å². The Morgan fingerprint density at radius 2 is 1.66 bits per heavy atom. The van der Waals surface area contributed by atoms with Crippen molar-refractivity contribution in [3.05, 3.63) is 54.1 Å². The third-order valence-corrected chi connectivity index (χ3v) is 5.76. The fraction of sp³-hybridized carbons (Fsp3) is 0.391. The van der Waals surface area contributed by atoms with E-state index in [4.69, 9.17) is 4.74 Å². The van der Waals surface area contributed by atoms with Gasteiger partial charge in [0.1, 0.15) is 5.75 Å². The zero-order valence-electron chi connectivity index (χ0n) is 19.3. The van der Waals surface area contributed by atoms with E-state index < -0.39 is 21.7 Å². The van der Waals surface area contributed by atoms with Crippen LogP contribution in [0.15, 0.2) is 48.5 Å². The Morgan fingerprint density at radius 3 is 2.19 bits per heavy atom. The molecule has 0 bridgehead atoms. The predicted octanol–water partition coefficient (Wildman–Crippen LogP) is 3.41. The number of amides is 2. The van der Waals surface area contributed by atoms with E-state index in [0.29, 0.717) is 29.1 Å². The molecule has 32 heavy (non-hydrogen) atoms. The van der Waals surface area contributed by atoms with Gasteiger partial charge in [-0.2, -0.15) is 0 Å². The van der Waals surface area contributed by atoms with E-state index >= 15 is 0 Å². The molecule has 9 heteroatoms. The van der Waals surface area contributed by atoms with Crippen LogP contribution in [0.2, 0.25) is 0 Å². The van der Waals surface area contributed by atoms with Crippen molar-refractivity contribution in [2.24, 2.45) is 0 Å². The van der Waals surface area contributed by atoms with Crippen molar-refractivity contribution in [1.29, 1.82) is 0 Å². The van der Waals surface area contributed by atoms with Crippen LogP contribution < -0.4 is 19.7 Å². The Kier molecular flexibility index (Phi) is 7.90. The smallest absolute Gasteiger partial charge is 0.265 e. The van der Waals surface area contributed by atoms with Crippen molar-refractivity contribution < 1.29 is 22.7 Å². The maximum absolute atomic E-state index is 12.9. The maximum atomic E-state index is 12.9. The van der Waals surface area contributed by atoms with Crippen LogP contribution in [0.25, 0.3) is 0 Å². The summed E-state index contributed by atoms with van der Waals surface area (Å²) in [5.41, 5.74) is 0.821. The van der Waals surface area contributed by atoms with Crippen molar-refractivity contribution in [3.63, 3.8) is 0 Å². The SMILES string of the molecule is CC[C@@H](Oc1ccc(N(C)S(C)(=O)=O)cc1)C(=O)Nc1ccccc1C(=O)NC(C)(C)C. The second-order valence-electron chi connectivity index (χ2n) is 8.48. The van der Waals surface area contributed by atoms with Gasteiger partial charge < -0.3 is 15.4 Å². The molecule has 2 aromatic carbocycles. The molecule has 2 N–H and O–H groups in total. The second-order valence-corrected chi connectivity index (χ2v) is 10.5. The number of hydrogen-bond acceptors (Lipinski definition) is 5. The highest BCUT2D eigenvalue weighted by Gasteiger charge is 2.23. The van der Waals surface area contributed by atoms with E-state index in [-0.39, 0.29) is 11.8 Å². The lowest BCUT2D eigenvalue weighted by molar-refractivity contribution is -0.122. The van der Waals surface area contributed by atoms with Crippen LogP contribution in [0, 0.1) is 0 Å². The van der Waals surface area contributed by atoms with Crippen LogP contribution >= 0.6 is 0 Å². The molecule has 174 valence electrons. The van der Waals surface area contributed by atoms with Gasteiger partial charge in [0.05, 0.1) is 23.2 Å². The van der Waals surface area contributed by atoms with E-state index in [1.807, 2.05) is 27.7 Å². The van der Waals surface area contributed by atoms with Gasteiger partial charge in [0, 0.05) is 12.6 Å². The monoisotopic (exact) mass is 461 g/mol. The van der Waals surface area contributed by atoms with Gasteiger partial charge in [0.25, 0.3) is 11.8 Å². The van der Waals surface area contributed by atoms with Gasteiger partial charge >= 0.3 is 0 Å². The number of ether oxygens (including phenoxy) is 1. The standard InChI is InChI=1S/C23H31N3O5S/c1-7-20(31-17-14-12-16(13-15-17)26(5)32(6,29)30)22(28)24-19-11-9-8-10-18(19)21(27)25-23(2,3)4/h8-15,20H,7H2,1-6H3,(H,24,28)(H,25,27)/t20-/m1/s1. The van der Waals surface area contributed by atoms with Crippen LogP contribution in [-0.2, 0) is 14.8 Å². The Bertz CT molecular complexity index is 1060. The lowest BCUT2D eigenvalue weighted by Crippen LogP contribution is -2.41. The number of nitrogens with zero attached hydrogens (tertiary/aromatic N) is 1. The fourth-order valence-corrected chi connectivity index (χ4v) is 3.33. The molecule has 0 aliphatic carbocycles. The molecule has 0 saturated heterocycles. The third-order valence-electron chi connectivity index (χ3n) is 4.56. The molecule has 2 rings (SSSR count). The van der Waals surface area contributed by atoms with Crippen molar-refractivity contribution in [2.45, 2.75) is 45.8 Å². The quantitative estimate of drug-likeness (QED) is 0.627. The van der Waals surface area contributed by atoms with Crippen LogP contribution in [-0.4, -0.2) is 45.2 Å². The van der Waals surface area contributed by atoms with Gasteiger partial charge in [-0.15, -0.1) is 0 Å². The summed E-state index contributed by atoms with van der Waals surface area (Å²) in [4.78, 5) is 25.5. The molecule has 0 spiro atoms. The van der Waals surface area contributed by atoms with E-state index in [1.54, 1.807) is 48.5 Å². The van der Waals surface area contributed by atoms with Crippen molar-refractivity contribution in [3.8, 4) is 5.75 Å². The molecule has 0 radical (unpaired) electrons. The summed E-state index contributed by atoms with van der Waals surface area (Å²) in [5.74, 6) is -0.245. The number of para-hydroxylation sites is 1. The molecule has 0 fully saturated rings. The minimum atomic E-state index is -3.37. The summed E-state index contributed by atoms with van der Waals surface area (Å²) < 4.78 is 30.3. The molecule has 1 atom stereocenters. The first-order valence-corrected chi connectivity index (χ1v) is 12.1. The minimum absolute atomic E-state index is 0.284. The zero-order valence-corrected chi connectivity index (χ0v) is 20.1. The maximum Gasteiger partial charge on any atom is 0.265 e. The normalized spacial score (nSPS) is 12.6. The van der Waals surface area contributed by atoms with Gasteiger partial charge in [0.2, 0.25) is 10.0 Å². The average molecular weight is 462 g/mol. The van der Waals surface area contributed by atoms with E-state index in [2.05, 4.69) is 10.6 Å². The van der Waals surface area contributed by atoms with E-state index in [1.165, 1.54) is 7.05 Å². The Hall–Kier alpha value is -3.07. The molecule has 8 nitrogen and oxygen atoms in total. The van der Waals surface area contributed by atoms with Crippen LogP contribution in [0.1, 0.15) is 44.5 Å². The van der Waals surface area contributed by atoms with Crippen LogP contribution in [0.3, 0.4) is 0 Å². The number of sulfonamides is 1. The largest absolute Gasteiger partial charge is 0.481 e. The molecule has 0 aromatic heterocycles. The first kappa shape index (κ1) is 25.2. The predicted molar refractivity (Wildman–Crippen MR) is 127 cm³/mol. The first-order chi connectivity index (χ1) is 14.8. The zero-order chi connectivity index (χ0) is 24.1. The van der Waals surface area contributed by atoms with Crippen molar-refractivity contribution >= 4 is 33.2 Å². The number of hydrogen-bond donors (Lipinski definition) is 2. The molecule has 0 aliphatic heterocycles. The Balaban J connectivity index is 2.14. The number of carbonyl (C=O) groups excluding carboxylic acids is 2. The third kappa shape index (κ3) is 6.98. The highest BCUT2D eigenvalue weighted by Crippen LogP contribution is 2.22. The molecular formula is C23H31N3O5S. The highest BCUT2D eigenvalue weighted by atomic mass is 32.2. The molecule has 0 heterocycles. The van der Waals surface area contributed by atoms with Crippen molar-refractivity contribution in [1.82, 2.24) is 5.32 Å². The number of anilines is 2. The minimum Gasteiger partial charge on any atom is -0.481 e. The summed E-state index contributed by atoms with van der Waals surface area (Å²) in [6.45, 7) is 7.46. The van der Waals surface area contributed by atoms with Gasteiger partial charge in [-0.25, -0.2) is 8.42 Å². The van der Waals surface area contributed by atoms with Gasteiger partial charge in [-0.1, -0.05) is 19.1 Å². The molecule has 0 unspecified atom stereocenters. The fourth-order valence-electron chi connectivity index (χ4n) is 2.82. The number of carbonyl (C=O) groups is 2. The Morgan fingerprint density at radius 1 is 1.06 bits per heavy atom. The molecule has 0 saturated carbocycles. The van der Waals surface area contributed by atoms with Gasteiger partial charge in [0.15, 0.2) is 6.10 Å². The van der Waals surface area contributed by atoms with Crippen molar-refractivity contribution in [2.75, 3.05) is 22.9 Å². The molecule has 2 amide bonds. The lowest BCUT2D eigenvalue weighted by atomic mass is 10.1. The number of benzene rings is 2. The summed E-state index contributed by atoms with van der Waals surface area (Å²) >= 11 is 0. The number of nitrogens with one attached hydrogen (secondary N) is 2. The topological polar surface area (TPSA) is 105 Å². The summed E-state index contributed by atoms with van der Waals surface area (Å²) in [5, 5.41) is 5.67. The summed E-state index contributed by atoms with van der Waals surface area (Å²) in [6, 6.07) is 13.2. The summed E-state index contributed by atoms with van der Waals surface area (Å²) in [6.07, 6.45) is 0.717. The molecule has 0 aliphatic rings. The first-order valence-electron chi connectivity index (χ1n) is 10.2. The number of rotatable bonds is 8. The lowest BCUT2D eigenvalue weighted by Gasteiger charge is -2.22. The van der Waals surface area contributed by atoms with Crippen LogP contribution in [0.5, 0.6) is 5.75 Å². The average Bonchev–Trinajstić information content (AvgIpc) is 2.70. The van der Waals surface area contributed by atoms with E-state index in [9.17, 15) is 18.0 Å². The highest BCUT2D eigenvalue weighted by molar-refractivity contribution is 7.92. The van der Waals surface area contributed by atoms with E-state index in [0.717, 1.165) is 10.6 Å². The second kappa shape index (κ2) is 10.0. The molecule has 2 aromatic rings. The summed E-state index contributed by atoms with van der Waals surface area (Å²) in [7, 11) is -1.91. The molecular weight excluding hydrogens is 430 g/mol. The van der Waals surface area contributed by atoms with Crippen LogP contribution in [0.4, 0.5) is 11.4 Å².